The molecule has 0 amide bonds. The Kier molecular flexibility index (Phi) is 4.30. The Bertz CT molecular complexity index is 616. The van der Waals surface area contributed by atoms with E-state index in [1.807, 2.05) is 31.2 Å². The molecule has 2 rings (SSSR count). The molecule has 2 aromatic carbocycles. The molecule has 1 unspecified atom stereocenters. The molecule has 20 heavy (non-hydrogen) atoms. The van der Waals surface area contributed by atoms with E-state index < -0.39 is 16.8 Å². The smallest absolute Gasteiger partial charge is 0.227 e. The predicted octanol–water partition coefficient (Wildman–Crippen LogP) is 3.56. The number of nitro groups is 1. The number of nitrogens with one attached hydrogen (secondary N) is 1. The number of anilines is 1. The van der Waals surface area contributed by atoms with Crippen molar-refractivity contribution in [1.29, 1.82) is 0 Å². The highest BCUT2D eigenvalue weighted by Crippen LogP contribution is 2.24. The number of aryl methyl sites for hydroxylation is 1. The van der Waals surface area contributed by atoms with Gasteiger partial charge in [-0.05, 0) is 30.2 Å². The Balaban J connectivity index is 2.32. The first-order chi connectivity index (χ1) is 9.58. The number of nitrogens with zero attached hydrogens (tertiary/aromatic N) is 1. The van der Waals surface area contributed by atoms with Gasteiger partial charge >= 0.3 is 0 Å². The van der Waals surface area contributed by atoms with Crippen molar-refractivity contribution in [3.05, 3.63) is 75.6 Å². The molecule has 0 heterocycles. The van der Waals surface area contributed by atoms with Crippen molar-refractivity contribution in [1.82, 2.24) is 0 Å². The van der Waals surface area contributed by atoms with Gasteiger partial charge < -0.3 is 5.32 Å². The van der Waals surface area contributed by atoms with Crippen LogP contribution in [0.4, 0.5) is 10.1 Å². The molecule has 0 aromatic heterocycles. The van der Waals surface area contributed by atoms with Crippen LogP contribution in [0.5, 0.6) is 0 Å². The summed E-state index contributed by atoms with van der Waals surface area (Å²) in [4.78, 5) is 10.4. The molecule has 1 N–H and O–H groups in total. The number of para-hydroxylation sites is 1. The first-order valence-electron chi connectivity index (χ1n) is 6.26. The summed E-state index contributed by atoms with van der Waals surface area (Å²) in [5.41, 5.74) is 2.00. The van der Waals surface area contributed by atoms with E-state index in [0.29, 0.717) is 0 Å². The maximum Gasteiger partial charge on any atom is 0.227 e. The Hall–Kier alpha value is -2.43. The highest BCUT2D eigenvalue weighted by molar-refractivity contribution is 5.47. The van der Waals surface area contributed by atoms with Gasteiger partial charge in [0.1, 0.15) is 11.9 Å². The molecule has 0 radical (unpaired) electrons. The van der Waals surface area contributed by atoms with Crippen LogP contribution >= 0.6 is 0 Å². The van der Waals surface area contributed by atoms with Crippen molar-refractivity contribution in [2.24, 2.45) is 0 Å². The molecule has 0 aliphatic carbocycles. The van der Waals surface area contributed by atoms with Crippen molar-refractivity contribution in [3.8, 4) is 0 Å². The van der Waals surface area contributed by atoms with Crippen molar-refractivity contribution in [2.75, 3.05) is 11.9 Å². The standard InChI is InChI=1S/C15H15FN2O2/c1-11-6-2-3-7-12(11)15(10-18(19)20)17-14-9-5-4-8-13(14)16/h2-9,15,17H,10H2,1H3. The summed E-state index contributed by atoms with van der Waals surface area (Å²) in [6, 6.07) is 13.0. The van der Waals surface area contributed by atoms with Crippen LogP contribution in [0.3, 0.4) is 0 Å². The maximum absolute atomic E-state index is 13.7. The van der Waals surface area contributed by atoms with E-state index in [-0.39, 0.29) is 12.2 Å². The second-order valence-electron chi connectivity index (χ2n) is 4.55. The van der Waals surface area contributed by atoms with Gasteiger partial charge in [-0.3, -0.25) is 10.1 Å². The van der Waals surface area contributed by atoms with Gasteiger partial charge in [0, 0.05) is 4.92 Å². The highest BCUT2D eigenvalue weighted by atomic mass is 19.1. The second kappa shape index (κ2) is 6.14. The van der Waals surface area contributed by atoms with Crippen molar-refractivity contribution < 1.29 is 9.31 Å². The largest absolute Gasteiger partial charge is 0.370 e. The van der Waals surface area contributed by atoms with Crippen LogP contribution in [0.1, 0.15) is 17.2 Å². The van der Waals surface area contributed by atoms with Gasteiger partial charge in [-0.15, -0.1) is 0 Å². The third-order valence-corrected chi connectivity index (χ3v) is 3.10. The summed E-state index contributed by atoms with van der Waals surface area (Å²) in [6.45, 7) is 1.57. The molecule has 0 aliphatic heterocycles. The zero-order valence-corrected chi connectivity index (χ0v) is 11.0. The van der Waals surface area contributed by atoms with Gasteiger partial charge in [0.2, 0.25) is 6.54 Å². The van der Waals surface area contributed by atoms with Gasteiger partial charge in [0.25, 0.3) is 0 Å². The van der Waals surface area contributed by atoms with Gasteiger partial charge in [-0.25, -0.2) is 4.39 Å². The van der Waals surface area contributed by atoms with Crippen molar-refractivity contribution in [3.63, 3.8) is 0 Å². The van der Waals surface area contributed by atoms with Crippen LogP contribution in [0, 0.1) is 22.9 Å². The Labute approximate surface area is 116 Å². The topological polar surface area (TPSA) is 55.2 Å². The highest BCUT2D eigenvalue weighted by Gasteiger charge is 2.20. The first-order valence-corrected chi connectivity index (χ1v) is 6.26. The third-order valence-electron chi connectivity index (χ3n) is 3.10. The first kappa shape index (κ1) is 14.0. The maximum atomic E-state index is 13.7. The molecule has 4 nitrogen and oxygen atoms in total. The summed E-state index contributed by atoms with van der Waals surface area (Å²) in [6.07, 6.45) is 0. The van der Waals surface area contributed by atoms with Crippen molar-refractivity contribution in [2.45, 2.75) is 13.0 Å². The molecule has 104 valence electrons. The average Bonchev–Trinajstić information content (AvgIpc) is 2.40. The van der Waals surface area contributed by atoms with Crippen molar-refractivity contribution >= 4 is 5.69 Å². The SMILES string of the molecule is Cc1ccccc1C(C[N+](=O)[O-])Nc1ccccc1F. The molecule has 5 heteroatoms. The lowest BCUT2D eigenvalue weighted by Gasteiger charge is -2.19. The zero-order chi connectivity index (χ0) is 14.5. The van der Waals surface area contributed by atoms with Gasteiger partial charge in [0.15, 0.2) is 0 Å². The van der Waals surface area contributed by atoms with Gasteiger partial charge in [-0.2, -0.15) is 0 Å². The molecular formula is C15H15FN2O2. The summed E-state index contributed by atoms with van der Waals surface area (Å²) in [5.74, 6) is -0.422. The van der Waals surface area contributed by atoms with E-state index in [1.54, 1.807) is 18.2 Å². The minimum Gasteiger partial charge on any atom is -0.370 e. The van der Waals surface area contributed by atoms with E-state index in [4.69, 9.17) is 0 Å². The molecule has 0 bridgehead atoms. The fraction of sp³-hybridized carbons (Fsp3) is 0.200. The van der Waals surface area contributed by atoms with Crippen LogP contribution in [0.2, 0.25) is 0 Å². The summed E-state index contributed by atoms with van der Waals surface area (Å²) in [7, 11) is 0. The van der Waals surface area contributed by atoms with E-state index >= 15 is 0 Å². The van der Waals surface area contributed by atoms with Crippen LogP contribution < -0.4 is 5.32 Å². The normalized spacial score (nSPS) is 11.9. The minimum atomic E-state index is -0.567. The number of rotatable bonds is 5. The molecule has 0 saturated carbocycles. The Morgan fingerprint density at radius 2 is 1.85 bits per heavy atom. The number of halogens is 1. The lowest BCUT2D eigenvalue weighted by Crippen LogP contribution is -2.21. The van der Waals surface area contributed by atoms with Crippen LogP contribution in [-0.4, -0.2) is 11.5 Å². The molecule has 0 saturated heterocycles. The van der Waals surface area contributed by atoms with E-state index in [1.165, 1.54) is 6.07 Å². The van der Waals surface area contributed by atoms with E-state index in [2.05, 4.69) is 5.32 Å². The van der Waals surface area contributed by atoms with Gasteiger partial charge in [-0.1, -0.05) is 36.4 Å². The quantitative estimate of drug-likeness (QED) is 0.670. The number of benzene rings is 2. The minimum absolute atomic E-state index is 0.266. The van der Waals surface area contributed by atoms with E-state index in [0.717, 1.165) is 11.1 Å². The molecule has 0 aliphatic rings. The van der Waals surface area contributed by atoms with Crippen LogP contribution in [-0.2, 0) is 0 Å². The molecule has 2 aromatic rings. The van der Waals surface area contributed by atoms with Gasteiger partial charge in [0.05, 0.1) is 5.69 Å². The van der Waals surface area contributed by atoms with Crippen LogP contribution in [0.25, 0.3) is 0 Å². The average molecular weight is 274 g/mol. The zero-order valence-electron chi connectivity index (χ0n) is 11.0. The number of hydrogen-bond acceptors (Lipinski definition) is 3. The lowest BCUT2D eigenvalue weighted by atomic mass is 10.0. The molecular weight excluding hydrogens is 259 g/mol. The fourth-order valence-electron chi connectivity index (χ4n) is 2.11. The third kappa shape index (κ3) is 3.32. The number of hydrogen-bond donors (Lipinski definition) is 1. The molecule has 0 fully saturated rings. The summed E-state index contributed by atoms with van der Waals surface area (Å²) < 4.78 is 13.7. The molecule has 0 spiro atoms. The van der Waals surface area contributed by atoms with Crippen LogP contribution in [0.15, 0.2) is 48.5 Å². The monoisotopic (exact) mass is 274 g/mol. The lowest BCUT2D eigenvalue weighted by molar-refractivity contribution is -0.482. The molecule has 1 atom stereocenters. The Morgan fingerprint density at radius 3 is 2.50 bits per heavy atom. The summed E-state index contributed by atoms with van der Waals surface area (Å²) in [5, 5.41) is 13.8. The Morgan fingerprint density at radius 1 is 1.20 bits per heavy atom. The second-order valence-corrected chi connectivity index (χ2v) is 4.55. The predicted molar refractivity (Wildman–Crippen MR) is 75.8 cm³/mol. The van der Waals surface area contributed by atoms with E-state index in [9.17, 15) is 14.5 Å². The summed E-state index contributed by atoms with van der Waals surface area (Å²) >= 11 is 0. The fourth-order valence-corrected chi connectivity index (χ4v) is 2.11.